The van der Waals surface area contributed by atoms with Crippen molar-refractivity contribution < 1.29 is 17.6 Å². The summed E-state index contributed by atoms with van der Waals surface area (Å²) in [6.45, 7) is 3.63. The number of fused-ring (bicyclic) bond motifs is 1. The van der Waals surface area contributed by atoms with Crippen LogP contribution in [0.1, 0.15) is 17.2 Å². The molecule has 0 spiro atoms. The fourth-order valence-electron chi connectivity index (χ4n) is 2.71. The molecule has 8 heteroatoms. The number of anilines is 1. The average molecular weight is 335 g/mol. The van der Waals surface area contributed by atoms with Crippen LogP contribution < -0.4 is 4.90 Å². The number of hydrogen-bond donors (Lipinski definition) is 0. The van der Waals surface area contributed by atoms with Crippen molar-refractivity contribution in [1.82, 2.24) is 9.78 Å². The molecule has 122 valence electrons. The lowest BCUT2D eigenvalue weighted by atomic mass is 10.3. The van der Waals surface area contributed by atoms with Crippen LogP contribution >= 0.6 is 0 Å². The van der Waals surface area contributed by atoms with Gasteiger partial charge in [-0.1, -0.05) is 0 Å². The normalized spacial score (nSPS) is 16.7. The van der Waals surface area contributed by atoms with Gasteiger partial charge in [0.1, 0.15) is 17.2 Å². The molecule has 3 heterocycles. The monoisotopic (exact) mass is 335 g/mol. The van der Waals surface area contributed by atoms with E-state index in [1.807, 2.05) is 6.92 Å². The molecule has 7 nitrogen and oxygen atoms in total. The summed E-state index contributed by atoms with van der Waals surface area (Å²) < 4.78 is 31.2. The molecule has 3 rings (SSSR count). The zero-order valence-corrected chi connectivity index (χ0v) is 13.9. The van der Waals surface area contributed by atoms with Crippen LogP contribution in [0.2, 0.25) is 0 Å². The van der Waals surface area contributed by atoms with E-state index in [9.17, 15) is 13.2 Å². The van der Waals surface area contributed by atoms with E-state index in [0.717, 1.165) is 5.76 Å². The minimum Gasteiger partial charge on any atom is -0.462 e. The zero-order chi connectivity index (χ0) is 16.8. The summed E-state index contributed by atoms with van der Waals surface area (Å²) in [5.74, 6) is 0.916. The lowest BCUT2D eigenvalue weighted by Gasteiger charge is -2.26. The van der Waals surface area contributed by atoms with Gasteiger partial charge in [-0.05, 0) is 32.1 Å². The number of amides is 1. The number of carbonyl (C=O) groups excluding carboxylic acids is 1. The first kappa shape index (κ1) is 15.5. The second-order valence-electron chi connectivity index (χ2n) is 5.45. The van der Waals surface area contributed by atoms with Gasteiger partial charge in [-0.25, -0.2) is 8.42 Å². The fourth-order valence-corrected chi connectivity index (χ4v) is 4.32. The van der Waals surface area contributed by atoms with Crippen molar-refractivity contribution in [2.45, 2.75) is 18.9 Å². The molecule has 1 amide bonds. The largest absolute Gasteiger partial charge is 0.462 e. The highest BCUT2D eigenvalue weighted by Crippen LogP contribution is 2.33. The van der Waals surface area contributed by atoms with Crippen molar-refractivity contribution in [3.63, 3.8) is 0 Å². The maximum atomic E-state index is 12.5. The van der Waals surface area contributed by atoms with Gasteiger partial charge in [-0.2, -0.15) is 5.10 Å². The highest BCUT2D eigenvalue weighted by molar-refractivity contribution is 7.91. The second kappa shape index (κ2) is 5.38. The maximum Gasteiger partial charge on any atom is 0.251 e. The molecule has 23 heavy (non-hydrogen) atoms. The SMILES string of the molecule is Cc1ccc(/C=C/C(=O)N2CCS(=O)(=O)c3c2c(C)nn3C)o1. The molecule has 0 radical (unpaired) electrons. The van der Waals surface area contributed by atoms with E-state index in [1.165, 1.54) is 15.7 Å². The average Bonchev–Trinajstić information content (AvgIpc) is 3.01. The number of sulfone groups is 1. The van der Waals surface area contributed by atoms with Crippen LogP contribution in [0.4, 0.5) is 5.69 Å². The minimum atomic E-state index is -3.42. The first-order valence-electron chi connectivity index (χ1n) is 7.12. The smallest absolute Gasteiger partial charge is 0.251 e. The van der Waals surface area contributed by atoms with Gasteiger partial charge in [-0.3, -0.25) is 9.48 Å². The lowest BCUT2D eigenvalue weighted by molar-refractivity contribution is -0.114. The standard InChI is InChI=1S/C15H17N3O4S/c1-10-4-5-12(22-10)6-7-13(19)18-8-9-23(20,21)15-14(18)11(2)16-17(15)3/h4-7H,8-9H2,1-3H3/b7-6+. The highest BCUT2D eigenvalue weighted by Gasteiger charge is 2.36. The van der Waals surface area contributed by atoms with Gasteiger partial charge in [0.05, 0.1) is 11.4 Å². The van der Waals surface area contributed by atoms with Gasteiger partial charge in [0.2, 0.25) is 0 Å². The van der Waals surface area contributed by atoms with Gasteiger partial charge < -0.3 is 9.32 Å². The third-order valence-corrected chi connectivity index (χ3v) is 5.47. The Hall–Kier alpha value is -2.35. The molecule has 0 unspecified atom stereocenters. The van der Waals surface area contributed by atoms with E-state index < -0.39 is 9.84 Å². The van der Waals surface area contributed by atoms with E-state index >= 15 is 0 Å². The van der Waals surface area contributed by atoms with Crippen molar-refractivity contribution in [3.05, 3.63) is 35.4 Å². The Morgan fingerprint density at radius 1 is 1.35 bits per heavy atom. The molecule has 0 bridgehead atoms. The number of furan rings is 1. The van der Waals surface area contributed by atoms with Gasteiger partial charge in [-0.15, -0.1) is 0 Å². The van der Waals surface area contributed by atoms with Crippen molar-refractivity contribution in [1.29, 1.82) is 0 Å². The molecule has 1 aliphatic heterocycles. The van der Waals surface area contributed by atoms with E-state index in [0.29, 0.717) is 17.1 Å². The molecule has 0 aliphatic carbocycles. The Morgan fingerprint density at radius 2 is 2.09 bits per heavy atom. The predicted octanol–water partition coefficient (Wildman–Crippen LogP) is 1.46. The van der Waals surface area contributed by atoms with Gasteiger partial charge in [0, 0.05) is 19.7 Å². The van der Waals surface area contributed by atoms with Crippen molar-refractivity contribution in [2.24, 2.45) is 7.05 Å². The Kier molecular flexibility index (Phi) is 3.63. The van der Waals surface area contributed by atoms with Gasteiger partial charge in [0.15, 0.2) is 14.9 Å². The summed E-state index contributed by atoms with van der Waals surface area (Å²) in [4.78, 5) is 13.9. The molecule has 0 aromatic carbocycles. The van der Waals surface area contributed by atoms with Crippen molar-refractivity contribution in [2.75, 3.05) is 17.2 Å². The van der Waals surface area contributed by atoms with Crippen molar-refractivity contribution in [3.8, 4) is 0 Å². The Bertz CT molecular complexity index is 905. The number of carbonyl (C=O) groups is 1. The third kappa shape index (κ3) is 2.70. The zero-order valence-electron chi connectivity index (χ0n) is 13.1. The number of aryl methyl sites for hydroxylation is 3. The summed E-state index contributed by atoms with van der Waals surface area (Å²) in [5, 5.41) is 4.24. The van der Waals surface area contributed by atoms with Gasteiger partial charge in [0.25, 0.3) is 5.91 Å². The molecule has 0 fully saturated rings. The fraction of sp³-hybridized carbons (Fsp3) is 0.333. The van der Waals surface area contributed by atoms with Crippen LogP contribution in [-0.4, -0.2) is 36.4 Å². The van der Waals surface area contributed by atoms with E-state index in [-0.39, 0.29) is 23.2 Å². The van der Waals surface area contributed by atoms with Crippen LogP contribution in [0, 0.1) is 13.8 Å². The Balaban J connectivity index is 1.95. The van der Waals surface area contributed by atoms with Gasteiger partial charge >= 0.3 is 0 Å². The van der Waals surface area contributed by atoms with Crippen LogP contribution in [0.5, 0.6) is 0 Å². The summed E-state index contributed by atoms with van der Waals surface area (Å²) >= 11 is 0. The highest BCUT2D eigenvalue weighted by atomic mass is 32.2. The molecule has 0 N–H and O–H groups in total. The van der Waals surface area contributed by atoms with E-state index in [1.54, 1.807) is 32.2 Å². The molecular weight excluding hydrogens is 318 g/mol. The molecular formula is C15H17N3O4S. The first-order valence-corrected chi connectivity index (χ1v) is 8.77. The molecule has 2 aromatic heterocycles. The summed E-state index contributed by atoms with van der Waals surface area (Å²) in [6, 6.07) is 3.57. The topological polar surface area (TPSA) is 85.4 Å². The Morgan fingerprint density at radius 3 is 2.74 bits per heavy atom. The number of hydrogen-bond acceptors (Lipinski definition) is 5. The van der Waals surface area contributed by atoms with Crippen LogP contribution in [-0.2, 0) is 21.7 Å². The van der Waals surface area contributed by atoms with Crippen LogP contribution in [0.25, 0.3) is 6.08 Å². The van der Waals surface area contributed by atoms with E-state index in [4.69, 9.17) is 4.42 Å². The maximum absolute atomic E-state index is 12.5. The van der Waals surface area contributed by atoms with Crippen LogP contribution in [0.15, 0.2) is 27.7 Å². The summed E-state index contributed by atoms with van der Waals surface area (Å²) in [7, 11) is -1.85. The summed E-state index contributed by atoms with van der Waals surface area (Å²) in [6.07, 6.45) is 2.95. The number of nitrogens with zero attached hydrogens (tertiary/aromatic N) is 3. The molecule has 0 saturated carbocycles. The second-order valence-corrected chi connectivity index (χ2v) is 7.48. The number of rotatable bonds is 2. The molecule has 2 aromatic rings. The quantitative estimate of drug-likeness (QED) is 0.776. The molecule has 1 aliphatic rings. The predicted molar refractivity (Wildman–Crippen MR) is 84.8 cm³/mol. The van der Waals surface area contributed by atoms with Crippen molar-refractivity contribution >= 4 is 27.5 Å². The minimum absolute atomic E-state index is 0.0943. The summed E-state index contributed by atoms with van der Waals surface area (Å²) in [5.41, 5.74) is 0.880. The van der Waals surface area contributed by atoms with Crippen LogP contribution in [0.3, 0.4) is 0 Å². The van der Waals surface area contributed by atoms with E-state index in [2.05, 4.69) is 5.10 Å². The molecule has 0 saturated heterocycles. The third-order valence-electron chi connectivity index (χ3n) is 3.70. The Labute approximate surface area is 134 Å². The first-order chi connectivity index (χ1) is 10.8. The lowest BCUT2D eigenvalue weighted by Crippen LogP contribution is -2.39. The number of aromatic nitrogens is 2. The molecule has 0 atom stereocenters.